The van der Waals surface area contributed by atoms with Crippen LogP contribution in [0.4, 0.5) is 0 Å². The molecule has 2 saturated heterocycles. The highest BCUT2D eigenvalue weighted by Crippen LogP contribution is 2.23. The zero-order chi connectivity index (χ0) is 10.9. The Kier molecular flexibility index (Phi) is 2.98. The van der Waals surface area contributed by atoms with E-state index in [-0.39, 0.29) is 11.4 Å². The van der Waals surface area contributed by atoms with Gasteiger partial charge in [-0.1, -0.05) is 6.92 Å². The van der Waals surface area contributed by atoms with Crippen LogP contribution in [0, 0.1) is 0 Å². The highest BCUT2D eigenvalue weighted by atomic mass is 16.2. The Hall–Kier alpha value is -0.610. The molecule has 0 saturated carbocycles. The van der Waals surface area contributed by atoms with Gasteiger partial charge in [0.1, 0.15) is 0 Å². The van der Waals surface area contributed by atoms with Gasteiger partial charge in [0.25, 0.3) is 0 Å². The van der Waals surface area contributed by atoms with Gasteiger partial charge in [-0.2, -0.15) is 0 Å². The molecule has 0 aromatic rings. The minimum atomic E-state index is -0.0182. The molecule has 4 nitrogen and oxygen atoms in total. The minimum absolute atomic E-state index is 0.0182. The maximum atomic E-state index is 11.8. The molecular weight excluding hydrogens is 190 g/mol. The smallest absolute Gasteiger partial charge is 0.238 e. The van der Waals surface area contributed by atoms with Gasteiger partial charge in [-0.05, 0) is 32.7 Å². The van der Waals surface area contributed by atoms with Gasteiger partial charge in [-0.15, -0.1) is 0 Å². The van der Waals surface area contributed by atoms with E-state index in [0.29, 0.717) is 12.5 Å². The molecule has 2 atom stereocenters. The maximum absolute atomic E-state index is 11.8. The van der Waals surface area contributed by atoms with Gasteiger partial charge in [0, 0.05) is 18.0 Å². The first-order valence-electron chi connectivity index (χ1n) is 5.94. The van der Waals surface area contributed by atoms with Crippen molar-refractivity contribution in [1.82, 2.24) is 15.8 Å². The Balaban J connectivity index is 1.90. The minimum Gasteiger partial charge on any atom is -0.312 e. The van der Waals surface area contributed by atoms with Crippen LogP contribution in [0.1, 0.15) is 39.5 Å². The molecule has 0 aromatic heterocycles. The van der Waals surface area contributed by atoms with E-state index in [1.54, 1.807) is 0 Å². The summed E-state index contributed by atoms with van der Waals surface area (Å²) in [7, 11) is 0. The largest absolute Gasteiger partial charge is 0.312 e. The number of carbonyl (C=O) groups is 1. The molecule has 0 spiro atoms. The van der Waals surface area contributed by atoms with Gasteiger partial charge in [0.15, 0.2) is 0 Å². The molecule has 4 heteroatoms. The number of amides is 1. The zero-order valence-corrected chi connectivity index (χ0v) is 9.68. The van der Waals surface area contributed by atoms with Crippen molar-refractivity contribution < 1.29 is 4.79 Å². The third-order valence-electron chi connectivity index (χ3n) is 3.59. The summed E-state index contributed by atoms with van der Waals surface area (Å²) in [5, 5.41) is 5.23. The van der Waals surface area contributed by atoms with E-state index in [0.717, 1.165) is 19.5 Å². The average Bonchev–Trinajstić information content (AvgIpc) is 2.77. The summed E-state index contributed by atoms with van der Waals surface area (Å²) in [5.74, 6) is 0.244. The van der Waals surface area contributed by atoms with Gasteiger partial charge in [-0.3, -0.25) is 9.80 Å². The van der Waals surface area contributed by atoms with Crippen LogP contribution in [0.3, 0.4) is 0 Å². The summed E-state index contributed by atoms with van der Waals surface area (Å²) >= 11 is 0. The summed E-state index contributed by atoms with van der Waals surface area (Å²) in [6.45, 7) is 6.15. The molecule has 1 amide bonds. The molecular formula is C11H21N3O. The second-order valence-electron chi connectivity index (χ2n) is 5.00. The summed E-state index contributed by atoms with van der Waals surface area (Å²) in [6, 6.07) is 0.487. The van der Waals surface area contributed by atoms with Crippen molar-refractivity contribution in [3.63, 3.8) is 0 Å². The number of hydrogen-bond donors (Lipinski definition) is 2. The van der Waals surface area contributed by atoms with Gasteiger partial charge in [0.2, 0.25) is 5.91 Å². The van der Waals surface area contributed by atoms with Crippen LogP contribution in [0.15, 0.2) is 0 Å². The predicted octanol–water partition coefficient (Wildman–Crippen LogP) is 0.644. The standard InChI is InChI=1S/C11H21N3O/c1-3-11(2)7-10(15)14(13-11)8-9-5-4-6-12-9/h9,12-13H,3-8H2,1-2H3. The lowest BCUT2D eigenvalue weighted by atomic mass is 9.97. The van der Waals surface area contributed by atoms with Crippen molar-refractivity contribution in [2.24, 2.45) is 0 Å². The van der Waals surface area contributed by atoms with Gasteiger partial charge in [0.05, 0.1) is 6.54 Å². The molecule has 86 valence electrons. The lowest BCUT2D eigenvalue weighted by Crippen LogP contribution is -2.48. The second kappa shape index (κ2) is 4.10. The molecule has 0 aromatic carbocycles. The number of hydrogen-bond acceptors (Lipinski definition) is 3. The van der Waals surface area contributed by atoms with Crippen LogP contribution in [0.5, 0.6) is 0 Å². The maximum Gasteiger partial charge on any atom is 0.238 e. The third kappa shape index (κ3) is 2.32. The van der Waals surface area contributed by atoms with Gasteiger partial charge in [-0.25, -0.2) is 5.43 Å². The van der Waals surface area contributed by atoms with E-state index in [9.17, 15) is 4.79 Å². The number of carbonyl (C=O) groups excluding carboxylic acids is 1. The van der Waals surface area contributed by atoms with E-state index in [1.165, 1.54) is 12.8 Å². The Morgan fingerprint density at radius 2 is 2.40 bits per heavy atom. The Morgan fingerprint density at radius 1 is 1.60 bits per heavy atom. The van der Waals surface area contributed by atoms with Crippen LogP contribution < -0.4 is 10.7 Å². The SMILES string of the molecule is CCC1(C)CC(=O)N(CC2CCCN2)N1. The third-order valence-corrected chi connectivity index (χ3v) is 3.59. The quantitative estimate of drug-likeness (QED) is 0.720. The summed E-state index contributed by atoms with van der Waals surface area (Å²) < 4.78 is 0. The topological polar surface area (TPSA) is 44.4 Å². The lowest BCUT2D eigenvalue weighted by Gasteiger charge is -2.26. The highest BCUT2D eigenvalue weighted by Gasteiger charge is 2.38. The number of rotatable bonds is 3. The highest BCUT2D eigenvalue weighted by molar-refractivity contribution is 5.79. The van der Waals surface area contributed by atoms with Crippen molar-refractivity contribution >= 4 is 5.91 Å². The normalized spacial score (nSPS) is 36.5. The van der Waals surface area contributed by atoms with Crippen molar-refractivity contribution in [1.29, 1.82) is 0 Å². The fourth-order valence-corrected chi connectivity index (χ4v) is 2.34. The van der Waals surface area contributed by atoms with Gasteiger partial charge >= 0.3 is 0 Å². The van der Waals surface area contributed by atoms with Crippen LogP contribution in [0.2, 0.25) is 0 Å². The molecule has 2 heterocycles. The fourth-order valence-electron chi connectivity index (χ4n) is 2.34. The number of nitrogens with one attached hydrogen (secondary N) is 2. The predicted molar refractivity (Wildman–Crippen MR) is 59.2 cm³/mol. The zero-order valence-electron chi connectivity index (χ0n) is 9.68. The molecule has 2 N–H and O–H groups in total. The lowest BCUT2D eigenvalue weighted by molar-refractivity contribution is -0.129. The summed E-state index contributed by atoms with van der Waals surface area (Å²) in [5.41, 5.74) is 3.32. The summed E-state index contributed by atoms with van der Waals surface area (Å²) in [6.07, 6.45) is 4.05. The molecule has 2 aliphatic rings. The van der Waals surface area contributed by atoms with Crippen LogP contribution in [0.25, 0.3) is 0 Å². The average molecular weight is 211 g/mol. The van der Waals surface area contributed by atoms with Gasteiger partial charge < -0.3 is 5.32 Å². The second-order valence-corrected chi connectivity index (χ2v) is 5.00. The van der Waals surface area contributed by atoms with E-state index in [2.05, 4.69) is 24.6 Å². The van der Waals surface area contributed by atoms with Crippen LogP contribution in [-0.4, -0.2) is 35.6 Å². The van der Waals surface area contributed by atoms with E-state index < -0.39 is 0 Å². The monoisotopic (exact) mass is 211 g/mol. The summed E-state index contributed by atoms with van der Waals surface area (Å²) in [4.78, 5) is 11.8. The van der Waals surface area contributed by atoms with E-state index >= 15 is 0 Å². The first-order valence-corrected chi connectivity index (χ1v) is 5.94. The fraction of sp³-hybridized carbons (Fsp3) is 0.909. The molecule has 2 fully saturated rings. The van der Waals surface area contributed by atoms with Crippen molar-refractivity contribution in [2.75, 3.05) is 13.1 Å². The molecule has 0 bridgehead atoms. The molecule has 15 heavy (non-hydrogen) atoms. The molecule has 2 aliphatic heterocycles. The molecule has 2 rings (SSSR count). The van der Waals surface area contributed by atoms with Crippen LogP contribution >= 0.6 is 0 Å². The first kappa shape index (κ1) is 10.9. The molecule has 0 aliphatic carbocycles. The molecule has 2 unspecified atom stereocenters. The Bertz CT molecular complexity index is 250. The van der Waals surface area contributed by atoms with Crippen molar-refractivity contribution in [2.45, 2.75) is 51.1 Å². The Morgan fingerprint density at radius 3 is 2.93 bits per heavy atom. The van der Waals surface area contributed by atoms with Crippen molar-refractivity contribution in [3.05, 3.63) is 0 Å². The van der Waals surface area contributed by atoms with E-state index in [4.69, 9.17) is 0 Å². The molecule has 0 radical (unpaired) electrons. The van der Waals surface area contributed by atoms with E-state index in [1.807, 2.05) is 5.01 Å². The number of nitrogens with zero attached hydrogens (tertiary/aromatic N) is 1. The Labute approximate surface area is 91.4 Å². The van der Waals surface area contributed by atoms with Crippen LogP contribution in [-0.2, 0) is 4.79 Å². The number of hydrazine groups is 1. The van der Waals surface area contributed by atoms with Crippen molar-refractivity contribution in [3.8, 4) is 0 Å². The first-order chi connectivity index (χ1) is 7.13.